The SMILES string of the molecule is Cc1ccc(S(=O)(=O)NC(=O)c2nc(S(C)(=O)=O)n3ccccc23)cc1C. The van der Waals surface area contributed by atoms with Gasteiger partial charge in [0.15, 0.2) is 5.69 Å². The third-order valence-electron chi connectivity index (χ3n) is 4.08. The Labute approximate surface area is 156 Å². The molecule has 0 aliphatic rings. The van der Waals surface area contributed by atoms with Gasteiger partial charge in [-0.15, -0.1) is 0 Å². The molecule has 1 N–H and O–H groups in total. The molecule has 0 fully saturated rings. The van der Waals surface area contributed by atoms with Crippen LogP contribution in [0.25, 0.3) is 5.52 Å². The van der Waals surface area contributed by atoms with Gasteiger partial charge in [0.25, 0.3) is 15.9 Å². The second kappa shape index (κ2) is 6.46. The second-order valence-electron chi connectivity index (χ2n) is 6.15. The van der Waals surface area contributed by atoms with Crippen LogP contribution in [0.5, 0.6) is 0 Å². The lowest BCUT2D eigenvalue weighted by atomic mass is 10.1. The molecule has 0 bridgehead atoms. The van der Waals surface area contributed by atoms with E-state index in [1.807, 2.05) is 11.6 Å². The van der Waals surface area contributed by atoms with Gasteiger partial charge in [-0.2, -0.15) is 0 Å². The Balaban J connectivity index is 2.05. The number of nitrogens with zero attached hydrogens (tertiary/aromatic N) is 2. The van der Waals surface area contributed by atoms with Gasteiger partial charge in [-0.25, -0.2) is 26.5 Å². The Morgan fingerprint density at radius 3 is 2.37 bits per heavy atom. The van der Waals surface area contributed by atoms with E-state index in [2.05, 4.69) is 4.98 Å². The van der Waals surface area contributed by atoms with Crippen molar-refractivity contribution >= 4 is 31.3 Å². The van der Waals surface area contributed by atoms with Gasteiger partial charge in [-0.3, -0.25) is 9.20 Å². The van der Waals surface area contributed by atoms with E-state index in [9.17, 15) is 21.6 Å². The Morgan fingerprint density at radius 2 is 1.74 bits per heavy atom. The molecular weight excluding hydrogens is 390 g/mol. The summed E-state index contributed by atoms with van der Waals surface area (Å²) in [5.41, 5.74) is 1.57. The number of carbonyl (C=O) groups excluding carboxylic acids is 1. The van der Waals surface area contributed by atoms with Crippen LogP contribution >= 0.6 is 0 Å². The van der Waals surface area contributed by atoms with Crippen LogP contribution in [0.2, 0.25) is 0 Å². The largest absolute Gasteiger partial charge is 0.290 e. The molecule has 3 rings (SSSR count). The molecule has 3 aromatic rings. The van der Waals surface area contributed by atoms with E-state index in [0.717, 1.165) is 17.4 Å². The van der Waals surface area contributed by atoms with Gasteiger partial charge in [0.2, 0.25) is 15.0 Å². The third-order valence-corrected chi connectivity index (χ3v) is 6.36. The molecule has 8 nitrogen and oxygen atoms in total. The summed E-state index contributed by atoms with van der Waals surface area (Å²) >= 11 is 0. The average Bonchev–Trinajstić information content (AvgIpc) is 2.97. The van der Waals surface area contributed by atoms with Crippen molar-refractivity contribution in [3.8, 4) is 0 Å². The first kappa shape index (κ1) is 19.1. The highest BCUT2D eigenvalue weighted by Gasteiger charge is 2.26. The topological polar surface area (TPSA) is 115 Å². The van der Waals surface area contributed by atoms with Gasteiger partial charge in [0.05, 0.1) is 10.4 Å². The number of hydrogen-bond acceptors (Lipinski definition) is 6. The lowest BCUT2D eigenvalue weighted by Crippen LogP contribution is -2.31. The number of fused-ring (bicyclic) bond motifs is 1. The number of benzene rings is 1. The second-order valence-corrected chi connectivity index (χ2v) is 9.74. The fourth-order valence-corrected chi connectivity index (χ4v) is 4.36. The zero-order valence-corrected chi connectivity index (χ0v) is 16.4. The molecule has 0 saturated heterocycles. The van der Waals surface area contributed by atoms with Gasteiger partial charge in [-0.05, 0) is 49.2 Å². The lowest BCUT2D eigenvalue weighted by molar-refractivity contribution is 0.0978. The van der Waals surface area contributed by atoms with Gasteiger partial charge in [0.1, 0.15) is 0 Å². The molecule has 1 amide bonds. The van der Waals surface area contributed by atoms with Crippen LogP contribution in [-0.4, -0.2) is 38.4 Å². The molecule has 0 radical (unpaired) electrons. The normalized spacial score (nSPS) is 12.3. The van der Waals surface area contributed by atoms with Crippen LogP contribution in [0.4, 0.5) is 0 Å². The van der Waals surface area contributed by atoms with Crippen LogP contribution in [0.1, 0.15) is 21.6 Å². The van der Waals surface area contributed by atoms with Crippen molar-refractivity contribution in [2.24, 2.45) is 0 Å². The fraction of sp³-hybridized carbons (Fsp3) is 0.176. The number of pyridine rings is 1. The minimum absolute atomic E-state index is 0.0641. The van der Waals surface area contributed by atoms with E-state index in [-0.39, 0.29) is 21.3 Å². The van der Waals surface area contributed by atoms with Crippen LogP contribution in [0.3, 0.4) is 0 Å². The molecule has 0 aliphatic heterocycles. The van der Waals surface area contributed by atoms with Crippen molar-refractivity contribution in [3.05, 3.63) is 59.4 Å². The summed E-state index contributed by atoms with van der Waals surface area (Å²) < 4.78 is 52.1. The minimum Gasteiger partial charge on any atom is -0.290 e. The summed E-state index contributed by atoms with van der Waals surface area (Å²) in [5.74, 6) is -1.01. The Morgan fingerprint density at radius 1 is 1.04 bits per heavy atom. The van der Waals surface area contributed by atoms with E-state index in [4.69, 9.17) is 0 Å². The molecule has 2 heterocycles. The van der Waals surface area contributed by atoms with Gasteiger partial charge < -0.3 is 0 Å². The number of aryl methyl sites for hydroxylation is 2. The molecule has 2 aromatic heterocycles. The minimum atomic E-state index is -4.14. The van der Waals surface area contributed by atoms with E-state index < -0.39 is 25.8 Å². The Kier molecular flexibility index (Phi) is 4.56. The number of amides is 1. The summed E-state index contributed by atoms with van der Waals surface area (Å²) in [5, 5.41) is -0.341. The van der Waals surface area contributed by atoms with Crippen molar-refractivity contribution in [2.45, 2.75) is 23.9 Å². The molecule has 0 aliphatic carbocycles. The lowest BCUT2D eigenvalue weighted by Gasteiger charge is -2.08. The third kappa shape index (κ3) is 3.58. The quantitative estimate of drug-likeness (QED) is 0.700. The highest BCUT2D eigenvalue weighted by Crippen LogP contribution is 2.19. The standard InChI is InChI=1S/C17H17N3O5S2/c1-11-7-8-13(10-12(11)2)27(24,25)19-16(21)15-14-6-4-5-9-20(14)17(18-15)26(3,22)23/h4-10H,1-3H3,(H,19,21). The monoisotopic (exact) mass is 407 g/mol. The molecule has 0 saturated carbocycles. The maximum atomic E-state index is 12.6. The molecule has 0 atom stereocenters. The van der Waals surface area contributed by atoms with Crippen LogP contribution in [0.15, 0.2) is 52.6 Å². The number of carbonyl (C=O) groups is 1. The molecule has 27 heavy (non-hydrogen) atoms. The van der Waals surface area contributed by atoms with Gasteiger partial charge in [0, 0.05) is 12.5 Å². The number of nitrogens with one attached hydrogen (secondary N) is 1. The van der Waals surface area contributed by atoms with Crippen LogP contribution < -0.4 is 4.72 Å². The first-order valence-electron chi connectivity index (χ1n) is 7.82. The maximum Gasteiger partial charge on any atom is 0.285 e. The summed E-state index contributed by atoms with van der Waals surface area (Å²) in [7, 11) is -7.87. The number of sulfone groups is 1. The van der Waals surface area contributed by atoms with Crippen LogP contribution in [-0.2, 0) is 19.9 Å². The summed E-state index contributed by atoms with van der Waals surface area (Å²) in [4.78, 5) is 16.4. The smallest absolute Gasteiger partial charge is 0.285 e. The van der Waals surface area contributed by atoms with Crippen molar-refractivity contribution in [3.63, 3.8) is 0 Å². The van der Waals surface area contributed by atoms with E-state index in [0.29, 0.717) is 0 Å². The number of rotatable bonds is 4. The molecule has 10 heteroatoms. The number of aromatic nitrogens is 2. The number of sulfonamides is 1. The van der Waals surface area contributed by atoms with Crippen molar-refractivity contribution < 1.29 is 21.6 Å². The Hall–Kier alpha value is -2.72. The van der Waals surface area contributed by atoms with Gasteiger partial charge >= 0.3 is 0 Å². The fourth-order valence-electron chi connectivity index (χ4n) is 2.55. The van der Waals surface area contributed by atoms with Crippen molar-refractivity contribution in [2.75, 3.05) is 6.26 Å². The van der Waals surface area contributed by atoms with Gasteiger partial charge in [-0.1, -0.05) is 12.1 Å². The van der Waals surface area contributed by atoms with Crippen molar-refractivity contribution in [1.29, 1.82) is 0 Å². The first-order chi connectivity index (χ1) is 12.5. The van der Waals surface area contributed by atoms with Crippen molar-refractivity contribution in [1.82, 2.24) is 14.1 Å². The summed E-state index contributed by atoms with van der Waals surface area (Å²) in [6.45, 7) is 3.60. The molecule has 0 spiro atoms. The van der Waals surface area contributed by atoms with Crippen LogP contribution in [0, 0.1) is 13.8 Å². The molecule has 1 aromatic carbocycles. The molecule has 0 unspecified atom stereocenters. The van der Waals surface area contributed by atoms with E-state index in [1.165, 1.54) is 28.8 Å². The van der Waals surface area contributed by atoms with E-state index >= 15 is 0 Å². The number of hydrogen-bond donors (Lipinski definition) is 1. The summed E-state index contributed by atoms with van der Waals surface area (Å²) in [6, 6.07) is 9.15. The zero-order chi connectivity index (χ0) is 20.0. The number of imidazole rings is 1. The predicted octanol–water partition coefficient (Wildman–Crippen LogP) is 1.47. The molecule has 142 valence electrons. The maximum absolute atomic E-state index is 12.6. The van der Waals surface area contributed by atoms with E-state index in [1.54, 1.807) is 25.1 Å². The average molecular weight is 407 g/mol. The molecular formula is C17H17N3O5S2. The summed E-state index contributed by atoms with van der Waals surface area (Å²) in [6.07, 6.45) is 2.40. The predicted molar refractivity (Wildman–Crippen MR) is 98.9 cm³/mol. The highest BCUT2D eigenvalue weighted by molar-refractivity contribution is 7.90. The Bertz CT molecular complexity index is 1280. The first-order valence-corrected chi connectivity index (χ1v) is 11.2. The zero-order valence-electron chi connectivity index (χ0n) is 14.8. The highest BCUT2D eigenvalue weighted by atomic mass is 32.2.